The Kier molecular flexibility index (Phi) is 5.72. The van der Waals surface area contributed by atoms with E-state index in [1.165, 1.54) is 11.3 Å². The minimum atomic E-state index is -0.310. The zero-order valence-electron chi connectivity index (χ0n) is 14.8. The van der Waals surface area contributed by atoms with E-state index >= 15 is 0 Å². The molecule has 0 fully saturated rings. The van der Waals surface area contributed by atoms with E-state index in [0.29, 0.717) is 41.0 Å². The smallest absolute Gasteiger partial charge is 0.273 e. The molecule has 0 spiro atoms. The standard InChI is InChI=1S/C18H21N3O4S/c1-3-7-21(8-4-2)17(23)13-10-26-18(19-13)20-16(22)12-5-6-14-15(9-12)25-11-24-14/h5-6,9-10H,3-4,7-8,11H2,1-2H3,(H,19,20,22). The second kappa shape index (κ2) is 8.18. The summed E-state index contributed by atoms with van der Waals surface area (Å²) in [5.41, 5.74) is 0.800. The molecule has 2 aromatic rings. The molecule has 1 aromatic heterocycles. The van der Waals surface area contributed by atoms with Crippen molar-refractivity contribution in [1.82, 2.24) is 9.88 Å². The van der Waals surface area contributed by atoms with Crippen molar-refractivity contribution in [3.63, 3.8) is 0 Å². The number of aromatic nitrogens is 1. The molecule has 8 heteroatoms. The van der Waals surface area contributed by atoms with Crippen molar-refractivity contribution in [1.29, 1.82) is 0 Å². The van der Waals surface area contributed by atoms with Crippen molar-refractivity contribution in [2.75, 3.05) is 25.2 Å². The van der Waals surface area contributed by atoms with Gasteiger partial charge in [0.25, 0.3) is 11.8 Å². The van der Waals surface area contributed by atoms with Crippen LogP contribution in [0.5, 0.6) is 11.5 Å². The lowest BCUT2D eigenvalue weighted by atomic mass is 10.2. The number of anilines is 1. The van der Waals surface area contributed by atoms with Crippen LogP contribution in [0.4, 0.5) is 5.13 Å². The van der Waals surface area contributed by atoms with E-state index < -0.39 is 0 Å². The van der Waals surface area contributed by atoms with E-state index in [1.54, 1.807) is 28.5 Å². The Hall–Kier alpha value is -2.61. The molecule has 0 bridgehead atoms. The predicted octanol–water partition coefficient (Wildman–Crippen LogP) is 3.39. The second-order valence-corrected chi connectivity index (χ2v) is 6.71. The van der Waals surface area contributed by atoms with Gasteiger partial charge in [0.05, 0.1) is 0 Å². The van der Waals surface area contributed by atoms with Crippen molar-refractivity contribution in [2.24, 2.45) is 0 Å². The van der Waals surface area contributed by atoms with Gasteiger partial charge < -0.3 is 14.4 Å². The third-order valence-electron chi connectivity index (χ3n) is 3.85. The molecule has 0 unspecified atom stereocenters. The SMILES string of the molecule is CCCN(CCC)C(=O)c1csc(NC(=O)c2ccc3c(c2)OCO3)n1. The molecule has 1 N–H and O–H groups in total. The first-order chi connectivity index (χ1) is 12.6. The molecule has 26 heavy (non-hydrogen) atoms. The monoisotopic (exact) mass is 375 g/mol. The van der Waals surface area contributed by atoms with E-state index in [4.69, 9.17) is 9.47 Å². The summed E-state index contributed by atoms with van der Waals surface area (Å²) in [7, 11) is 0. The maximum absolute atomic E-state index is 12.5. The summed E-state index contributed by atoms with van der Waals surface area (Å²) in [5.74, 6) is 0.752. The summed E-state index contributed by atoms with van der Waals surface area (Å²) >= 11 is 1.23. The molecular weight excluding hydrogens is 354 g/mol. The van der Waals surface area contributed by atoms with Crippen LogP contribution in [0.25, 0.3) is 0 Å². The van der Waals surface area contributed by atoms with Gasteiger partial charge in [0.1, 0.15) is 5.69 Å². The van der Waals surface area contributed by atoms with Crippen LogP contribution in [-0.2, 0) is 0 Å². The molecule has 2 amide bonds. The molecule has 0 atom stereocenters. The number of thiazole rings is 1. The largest absolute Gasteiger partial charge is 0.454 e. The number of carbonyl (C=O) groups is 2. The Labute approximate surface area is 155 Å². The van der Waals surface area contributed by atoms with Gasteiger partial charge in [0.15, 0.2) is 16.6 Å². The van der Waals surface area contributed by atoms with E-state index in [9.17, 15) is 9.59 Å². The summed E-state index contributed by atoms with van der Waals surface area (Å²) in [6, 6.07) is 4.98. The highest BCUT2D eigenvalue weighted by molar-refractivity contribution is 7.14. The highest BCUT2D eigenvalue weighted by Crippen LogP contribution is 2.32. The van der Waals surface area contributed by atoms with Gasteiger partial charge in [0.2, 0.25) is 6.79 Å². The number of nitrogens with zero attached hydrogens (tertiary/aromatic N) is 2. The van der Waals surface area contributed by atoms with Crippen molar-refractivity contribution in [2.45, 2.75) is 26.7 Å². The molecule has 3 rings (SSSR count). The highest BCUT2D eigenvalue weighted by atomic mass is 32.1. The average Bonchev–Trinajstić information content (AvgIpc) is 3.29. The first-order valence-corrected chi connectivity index (χ1v) is 9.46. The van der Waals surface area contributed by atoms with Crippen LogP contribution in [0.1, 0.15) is 47.5 Å². The molecule has 1 aromatic carbocycles. The van der Waals surface area contributed by atoms with Gasteiger partial charge in [-0.05, 0) is 31.0 Å². The highest BCUT2D eigenvalue weighted by Gasteiger charge is 2.20. The molecular formula is C18H21N3O4S. The first-order valence-electron chi connectivity index (χ1n) is 8.58. The second-order valence-electron chi connectivity index (χ2n) is 5.85. The van der Waals surface area contributed by atoms with Gasteiger partial charge in [-0.2, -0.15) is 0 Å². The summed E-state index contributed by atoms with van der Waals surface area (Å²) < 4.78 is 10.5. The van der Waals surface area contributed by atoms with Crippen LogP contribution in [-0.4, -0.2) is 41.6 Å². The molecule has 1 aliphatic heterocycles. The van der Waals surface area contributed by atoms with Gasteiger partial charge in [-0.1, -0.05) is 13.8 Å². The molecule has 1 aliphatic rings. The Morgan fingerprint density at radius 1 is 1.19 bits per heavy atom. The Balaban J connectivity index is 1.68. The Morgan fingerprint density at radius 2 is 1.92 bits per heavy atom. The van der Waals surface area contributed by atoms with Crippen LogP contribution in [0, 0.1) is 0 Å². The lowest BCUT2D eigenvalue weighted by Gasteiger charge is -2.20. The van der Waals surface area contributed by atoms with Crippen molar-refractivity contribution >= 4 is 28.3 Å². The van der Waals surface area contributed by atoms with Gasteiger partial charge in [-0.15, -0.1) is 11.3 Å². The molecule has 0 radical (unpaired) electrons. The number of hydrogen-bond acceptors (Lipinski definition) is 6. The lowest BCUT2D eigenvalue weighted by molar-refractivity contribution is 0.0750. The number of rotatable bonds is 7. The number of amides is 2. The zero-order chi connectivity index (χ0) is 18.5. The average molecular weight is 375 g/mol. The lowest BCUT2D eigenvalue weighted by Crippen LogP contribution is -2.32. The third kappa shape index (κ3) is 3.96. The molecule has 0 saturated heterocycles. The summed E-state index contributed by atoms with van der Waals surface area (Å²) in [6.45, 7) is 5.62. The summed E-state index contributed by atoms with van der Waals surface area (Å²) in [5, 5.41) is 4.80. The number of ether oxygens (including phenoxy) is 2. The topological polar surface area (TPSA) is 80.8 Å². The van der Waals surface area contributed by atoms with E-state index in [2.05, 4.69) is 10.3 Å². The minimum absolute atomic E-state index is 0.103. The number of benzene rings is 1. The van der Waals surface area contributed by atoms with Gasteiger partial charge in [0, 0.05) is 24.0 Å². The molecule has 2 heterocycles. The number of nitrogens with one attached hydrogen (secondary N) is 1. The number of carbonyl (C=O) groups excluding carboxylic acids is 2. The third-order valence-corrected chi connectivity index (χ3v) is 4.61. The maximum Gasteiger partial charge on any atom is 0.273 e. The molecule has 0 saturated carbocycles. The Bertz CT molecular complexity index is 799. The Morgan fingerprint density at radius 3 is 2.65 bits per heavy atom. The fraction of sp³-hybridized carbons (Fsp3) is 0.389. The van der Waals surface area contributed by atoms with Crippen LogP contribution in [0.2, 0.25) is 0 Å². The minimum Gasteiger partial charge on any atom is -0.454 e. The van der Waals surface area contributed by atoms with Crippen molar-refractivity contribution in [3.8, 4) is 11.5 Å². The van der Waals surface area contributed by atoms with Gasteiger partial charge in [-0.25, -0.2) is 4.98 Å². The van der Waals surface area contributed by atoms with Crippen LogP contribution < -0.4 is 14.8 Å². The quantitative estimate of drug-likeness (QED) is 0.802. The normalized spacial score (nSPS) is 12.1. The summed E-state index contributed by atoms with van der Waals surface area (Å²) in [4.78, 5) is 31.0. The van der Waals surface area contributed by atoms with Crippen LogP contribution in [0.15, 0.2) is 23.6 Å². The van der Waals surface area contributed by atoms with Gasteiger partial charge >= 0.3 is 0 Å². The molecule has 0 aliphatic carbocycles. The van der Waals surface area contributed by atoms with Crippen LogP contribution in [0.3, 0.4) is 0 Å². The predicted molar refractivity (Wildman–Crippen MR) is 99.1 cm³/mol. The zero-order valence-corrected chi connectivity index (χ0v) is 15.6. The number of hydrogen-bond donors (Lipinski definition) is 1. The maximum atomic E-state index is 12.5. The summed E-state index contributed by atoms with van der Waals surface area (Å²) in [6.07, 6.45) is 1.78. The fourth-order valence-corrected chi connectivity index (χ4v) is 3.33. The first kappa shape index (κ1) is 18.2. The molecule has 7 nitrogen and oxygen atoms in total. The van der Waals surface area contributed by atoms with Gasteiger partial charge in [-0.3, -0.25) is 14.9 Å². The van der Waals surface area contributed by atoms with E-state index in [-0.39, 0.29) is 18.6 Å². The fourth-order valence-electron chi connectivity index (χ4n) is 2.65. The van der Waals surface area contributed by atoms with E-state index in [1.807, 2.05) is 13.8 Å². The van der Waals surface area contributed by atoms with Crippen molar-refractivity contribution < 1.29 is 19.1 Å². The van der Waals surface area contributed by atoms with Crippen molar-refractivity contribution in [3.05, 3.63) is 34.8 Å². The number of fused-ring (bicyclic) bond motifs is 1. The van der Waals surface area contributed by atoms with E-state index in [0.717, 1.165) is 12.8 Å². The van der Waals surface area contributed by atoms with Crippen LogP contribution >= 0.6 is 11.3 Å². The molecule has 138 valence electrons.